The van der Waals surface area contributed by atoms with Crippen LogP contribution in [0.5, 0.6) is 0 Å². The van der Waals surface area contributed by atoms with E-state index in [1.54, 1.807) is 21.2 Å². The largest absolute Gasteiger partial charge is 0.481 e. The number of nitrogens with one attached hydrogen (secondary N) is 1. The quantitative estimate of drug-likeness (QED) is 0.0421. The van der Waals surface area contributed by atoms with Gasteiger partial charge in [0.15, 0.2) is 0 Å². The molecule has 0 rings (SSSR count). The lowest BCUT2D eigenvalue weighted by Crippen LogP contribution is -2.24. The van der Waals surface area contributed by atoms with E-state index < -0.39 is 5.97 Å². The van der Waals surface area contributed by atoms with Crippen LogP contribution >= 0.6 is 0 Å². The van der Waals surface area contributed by atoms with Gasteiger partial charge in [-0.05, 0) is 64.2 Å². The Kier molecular flexibility index (Phi) is 49.1. The molecule has 1 amide bonds. The minimum Gasteiger partial charge on any atom is -0.481 e. The zero-order valence-electron chi connectivity index (χ0n) is 32.1. The average molecular weight is 669 g/mol. The van der Waals surface area contributed by atoms with E-state index in [0.717, 1.165) is 25.7 Å². The highest BCUT2D eigenvalue weighted by Gasteiger charge is 2.06. The summed E-state index contributed by atoms with van der Waals surface area (Å²) in [6.45, 7) is 4.52. The van der Waals surface area contributed by atoms with Crippen LogP contribution in [-0.2, 0) is 19.3 Å². The monoisotopic (exact) mass is 669 g/mol. The maximum Gasteiger partial charge on any atom is 0.303 e. The molecule has 280 valence electrons. The zero-order chi connectivity index (χ0) is 35.5. The Morgan fingerprint density at radius 2 is 0.851 bits per heavy atom. The van der Waals surface area contributed by atoms with Gasteiger partial charge in [0.05, 0.1) is 14.2 Å². The van der Waals surface area contributed by atoms with Crippen molar-refractivity contribution in [3.8, 4) is 0 Å². The summed E-state index contributed by atoms with van der Waals surface area (Å²) in [6.07, 6.45) is 43.2. The van der Waals surface area contributed by atoms with Crippen molar-refractivity contribution >= 4 is 11.9 Å². The maximum atomic E-state index is 11.5. The molecule has 47 heavy (non-hydrogen) atoms. The van der Waals surface area contributed by atoms with Crippen molar-refractivity contribution in [1.82, 2.24) is 10.5 Å². The molecular weight excluding hydrogens is 588 g/mol. The summed E-state index contributed by atoms with van der Waals surface area (Å²) in [5.41, 5.74) is 2.43. The number of amides is 1. The molecule has 0 aliphatic carbocycles. The van der Waals surface area contributed by atoms with Crippen LogP contribution in [0.3, 0.4) is 0 Å². The molecule has 0 saturated carbocycles. The molecule has 0 aliphatic heterocycles. The molecule has 0 fully saturated rings. The van der Waals surface area contributed by atoms with Gasteiger partial charge in [0.1, 0.15) is 0 Å². The van der Waals surface area contributed by atoms with Crippen LogP contribution in [0.4, 0.5) is 0 Å². The molecule has 0 heterocycles. The Bertz CT molecular complexity index is 667. The fourth-order valence-corrected chi connectivity index (χ4v) is 4.95. The smallest absolute Gasteiger partial charge is 0.303 e. The number of rotatable bonds is 32. The molecule has 0 unspecified atom stereocenters. The second-order valence-electron chi connectivity index (χ2n) is 12.5. The fourth-order valence-electron chi connectivity index (χ4n) is 4.95. The Balaban J connectivity index is -0.000000744. The molecule has 0 atom stereocenters. The summed E-state index contributed by atoms with van der Waals surface area (Å²) in [4.78, 5) is 31.0. The van der Waals surface area contributed by atoms with Crippen molar-refractivity contribution in [3.63, 3.8) is 0 Å². The van der Waals surface area contributed by atoms with Crippen molar-refractivity contribution in [2.75, 3.05) is 28.3 Å². The first-order valence-electron chi connectivity index (χ1n) is 19.4. The first-order valence-corrected chi connectivity index (χ1v) is 19.4. The summed E-state index contributed by atoms with van der Waals surface area (Å²) in [5.74, 6) is -0.590. The summed E-state index contributed by atoms with van der Waals surface area (Å²) >= 11 is 0. The highest BCUT2D eigenvalue weighted by molar-refractivity contribution is 5.74. The van der Waals surface area contributed by atoms with Crippen LogP contribution in [0.1, 0.15) is 194 Å². The van der Waals surface area contributed by atoms with E-state index >= 15 is 0 Å². The summed E-state index contributed by atoms with van der Waals surface area (Å²) in [7, 11) is 6.47. The number of carbonyl (C=O) groups excluding carboxylic acids is 1. The van der Waals surface area contributed by atoms with Gasteiger partial charge in [-0.3, -0.25) is 14.4 Å². The maximum absolute atomic E-state index is 11.5. The summed E-state index contributed by atoms with van der Waals surface area (Å²) in [6, 6.07) is 0. The number of nitrogens with zero attached hydrogens (tertiary/aromatic N) is 1. The topological polar surface area (TPSA) is 88.1 Å². The molecule has 0 aromatic rings. The molecular formula is C40H80N2O5. The molecule has 0 aromatic carbocycles. The predicted octanol–water partition coefficient (Wildman–Crippen LogP) is 11.9. The number of hydrogen-bond acceptors (Lipinski definition) is 5. The Morgan fingerprint density at radius 1 is 0.553 bits per heavy atom. The number of hydrogen-bond donors (Lipinski definition) is 2. The first-order chi connectivity index (χ1) is 22.9. The lowest BCUT2D eigenvalue weighted by Gasteiger charge is -2.12. The van der Waals surface area contributed by atoms with Crippen LogP contribution in [0, 0.1) is 0 Å². The van der Waals surface area contributed by atoms with Gasteiger partial charge in [-0.25, -0.2) is 10.5 Å². The van der Waals surface area contributed by atoms with E-state index in [0.29, 0.717) is 12.8 Å². The van der Waals surface area contributed by atoms with E-state index in [-0.39, 0.29) is 5.91 Å². The van der Waals surface area contributed by atoms with Crippen molar-refractivity contribution in [2.45, 2.75) is 194 Å². The van der Waals surface area contributed by atoms with Crippen LogP contribution in [-0.4, -0.2) is 50.4 Å². The lowest BCUT2D eigenvalue weighted by atomic mass is 10.1. The van der Waals surface area contributed by atoms with Gasteiger partial charge < -0.3 is 9.94 Å². The Labute approximate surface area is 292 Å². The van der Waals surface area contributed by atoms with E-state index in [1.165, 1.54) is 153 Å². The molecule has 2 N–H and O–H groups in total. The molecule has 7 heteroatoms. The van der Waals surface area contributed by atoms with Gasteiger partial charge in [0.2, 0.25) is 5.91 Å². The highest BCUT2D eigenvalue weighted by atomic mass is 16.7. The number of unbranched alkanes of at least 4 members (excludes halogenated alkanes) is 22. The third-order valence-corrected chi connectivity index (χ3v) is 8.13. The predicted molar refractivity (Wildman–Crippen MR) is 202 cm³/mol. The number of carboxylic acids is 1. The van der Waals surface area contributed by atoms with Gasteiger partial charge in [-0.1, -0.05) is 141 Å². The minimum atomic E-state index is -0.664. The van der Waals surface area contributed by atoms with Crippen LogP contribution in [0.2, 0.25) is 0 Å². The average Bonchev–Trinajstić information content (AvgIpc) is 3.08. The summed E-state index contributed by atoms with van der Waals surface area (Å²) < 4.78 is 0. The van der Waals surface area contributed by atoms with E-state index in [1.807, 2.05) is 0 Å². The molecule has 0 aliphatic rings. The minimum absolute atomic E-state index is 0.0742. The van der Waals surface area contributed by atoms with Crippen molar-refractivity contribution in [1.29, 1.82) is 0 Å². The van der Waals surface area contributed by atoms with Gasteiger partial charge in [-0.15, -0.1) is 0 Å². The number of aliphatic carboxylic acids is 1. The number of allylic oxidation sites excluding steroid dienone is 4. The second kappa shape index (κ2) is 46.4. The molecule has 0 spiro atoms. The van der Waals surface area contributed by atoms with Crippen LogP contribution in [0.25, 0.3) is 0 Å². The third-order valence-electron chi connectivity index (χ3n) is 8.13. The molecule has 0 radical (unpaired) electrons. The van der Waals surface area contributed by atoms with Crippen LogP contribution < -0.4 is 5.48 Å². The molecule has 0 saturated heterocycles. The normalized spacial score (nSPS) is 10.9. The van der Waals surface area contributed by atoms with Crippen LogP contribution in [0.15, 0.2) is 24.3 Å². The number of carboxylic acid groups (broad SMARTS) is 1. The highest BCUT2D eigenvalue weighted by Crippen LogP contribution is 2.11. The van der Waals surface area contributed by atoms with E-state index in [9.17, 15) is 9.59 Å². The van der Waals surface area contributed by atoms with Gasteiger partial charge in [-0.2, -0.15) is 0 Å². The van der Waals surface area contributed by atoms with Crippen molar-refractivity contribution in [3.05, 3.63) is 24.3 Å². The zero-order valence-corrected chi connectivity index (χ0v) is 32.1. The first kappa shape index (κ1) is 49.7. The van der Waals surface area contributed by atoms with E-state index in [4.69, 9.17) is 9.94 Å². The van der Waals surface area contributed by atoms with Gasteiger partial charge in [0, 0.05) is 26.9 Å². The van der Waals surface area contributed by atoms with Gasteiger partial charge in [0.25, 0.3) is 0 Å². The lowest BCUT2D eigenvalue weighted by molar-refractivity contribution is -0.168. The SMILES string of the molecule is CCCCCCCC/C=C\CCCCCCCC(=O)N(C)OC.CCCCCCCC/C=C\CCCCCCCC(=O)O.CNOC. The standard InChI is InChI=1S/C20H39NO2.C18H34O2.C2H7NO/c1-4-5-6-7-8-9-10-11-12-13-14-15-16-17-18-19-20(22)21(2)23-3;1-2-3-4-5-6-7-8-9-10-11-12-13-14-15-16-17-18(19)20;1-3-4-2/h11-12H,4-10,13-19H2,1-3H3;9-10H,2-8,11-17H2,1H3,(H,19,20);3H,1-2H3/b12-11-;10-9-;. The van der Waals surface area contributed by atoms with Crippen molar-refractivity contribution in [2.24, 2.45) is 0 Å². The number of carbonyl (C=O) groups is 2. The molecule has 0 bridgehead atoms. The van der Waals surface area contributed by atoms with Crippen molar-refractivity contribution < 1.29 is 24.4 Å². The third kappa shape index (κ3) is 51.3. The second-order valence-corrected chi connectivity index (χ2v) is 12.5. The molecule has 0 aromatic heterocycles. The molecule has 7 nitrogen and oxygen atoms in total. The van der Waals surface area contributed by atoms with Gasteiger partial charge >= 0.3 is 5.97 Å². The number of hydroxylamine groups is 3. The fraction of sp³-hybridized carbons (Fsp3) is 0.850. The van der Waals surface area contributed by atoms with E-state index in [2.05, 4.69) is 48.5 Å². The Morgan fingerprint density at radius 3 is 1.15 bits per heavy atom. The summed E-state index contributed by atoms with van der Waals surface area (Å²) in [5, 5.41) is 9.82. The Hall–Kier alpha value is -1.70.